The summed E-state index contributed by atoms with van der Waals surface area (Å²) in [5, 5.41) is 0. The Morgan fingerprint density at radius 3 is 2.16 bits per heavy atom. The van der Waals surface area contributed by atoms with Gasteiger partial charge >= 0.3 is 0 Å². The van der Waals surface area contributed by atoms with Crippen LogP contribution in [-0.2, 0) is 4.74 Å². The quantitative estimate of drug-likeness (QED) is 0.602. The van der Waals surface area contributed by atoms with E-state index >= 15 is 0 Å². The van der Waals surface area contributed by atoms with Crippen LogP contribution in [-0.4, -0.2) is 57.1 Å². The van der Waals surface area contributed by atoms with Crippen molar-refractivity contribution in [2.24, 2.45) is 4.99 Å². The average Bonchev–Trinajstić information content (AvgIpc) is 2.38. The molecular weight excluding hydrogens is 238 g/mol. The van der Waals surface area contributed by atoms with Gasteiger partial charge in [0, 0.05) is 34.8 Å². The number of hydrogen-bond acceptors (Lipinski definition) is 2. The highest BCUT2D eigenvalue weighted by molar-refractivity contribution is 5.79. The molecule has 0 saturated carbocycles. The molecule has 1 rings (SSSR count). The summed E-state index contributed by atoms with van der Waals surface area (Å²) >= 11 is 0. The van der Waals surface area contributed by atoms with Crippen molar-refractivity contribution >= 4 is 5.96 Å². The lowest BCUT2D eigenvalue weighted by molar-refractivity contribution is 0.0688. The highest BCUT2D eigenvalue weighted by atomic mass is 16.5. The second kappa shape index (κ2) is 7.79. The Balaban J connectivity index is 2.82. The molecule has 4 heteroatoms. The molecule has 0 radical (unpaired) electrons. The summed E-state index contributed by atoms with van der Waals surface area (Å²) in [6.45, 7) is 3.33. The second-order valence-corrected chi connectivity index (χ2v) is 4.78. The number of nitrogens with zero attached hydrogens (tertiary/aromatic N) is 3. The molecule has 1 aromatic rings. The lowest BCUT2D eigenvalue weighted by Crippen LogP contribution is -2.35. The van der Waals surface area contributed by atoms with E-state index in [1.54, 1.807) is 0 Å². The summed E-state index contributed by atoms with van der Waals surface area (Å²) in [5.74, 6) is 0.945. The van der Waals surface area contributed by atoms with Gasteiger partial charge in [-0.2, -0.15) is 0 Å². The monoisotopic (exact) mass is 263 g/mol. The Morgan fingerprint density at radius 2 is 1.68 bits per heavy atom. The minimum absolute atomic E-state index is 0.0149. The molecule has 19 heavy (non-hydrogen) atoms. The van der Waals surface area contributed by atoms with Gasteiger partial charge in [-0.25, -0.2) is 4.99 Å². The normalized spacial score (nSPS) is 11.8. The van der Waals surface area contributed by atoms with Crippen LogP contribution in [0.5, 0.6) is 0 Å². The zero-order valence-corrected chi connectivity index (χ0v) is 12.6. The number of aliphatic imine (C=N–C) groups is 1. The summed E-state index contributed by atoms with van der Waals surface area (Å²) in [6.07, 6.45) is 0.0149. The van der Waals surface area contributed by atoms with Crippen LogP contribution in [0.2, 0.25) is 0 Å². The molecule has 0 saturated heterocycles. The van der Waals surface area contributed by atoms with Gasteiger partial charge in [-0.05, 0) is 12.5 Å². The van der Waals surface area contributed by atoms with Crippen molar-refractivity contribution < 1.29 is 4.74 Å². The van der Waals surface area contributed by atoms with E-state index < -0.39 is 0 Å². The molecule has 1 atom stereocenters. The van der Waals surface area contributed by atoms with Gasteiger partial charge in [0.05, 0.1) is 6.54 Å². The molecule has 0 bridgehead atoms. The number of rotatable bonds is 5. The molecule has 1 aromatic carbocycles. The Bertz CT molecular complexity index is 378. The van der Waals surface area contributed by atoms with E-state index in [1.807, 2.05) is 63.1 Å². The van der Waals surface area contributed by atoms with Crippen molar-refractivity contribution in [2.75, 3.05) is 41.3 Å². The zero-order valence-electron chi connectivity index (χ0n) is 12.6. The predicted octanol–water partition coefficient (Wildman–Crippen LogP) is 2.24. The topological polar surface area (TPSA) is 28.1 Å². The molecule has 0 spiro atoms. The largest absolute Gasteiger partial charge is 0.372 e. The van der Waals surface area contributed by atoms with Crippen LogP contribution in [0.15, 0.2) is 35.3 Å². The molecule has 0 heterocycles. The van der Waals surface area contributed by atoms with Crippen molar-refractivity contribution in [3.8, 4) is 0 Å². The number of guanidine groups is 1. The van der Waals surface area contributed by atoms with E-state index in [4.69, 9.17) is 4.74 Å². The summed E-state index contributed by atoms with van der Waals surface area (Å²) in [6, 6.07) is 10.2. The van der Waals surface area contributed by atoms with Crippen LogP contribution in [0.4, 0.5) is 0 Å². The van der Waals surface area contributed by atoms with Crippen LogP contribution < -0.4 is 0 Å². The fourth-order valence-corrected chi connectivity index (χ4v) is 1.97. The standard InChI is InChI=1S/C15H25N3O/c1-6-19-14(13-10-8-7-9-11-13)12-16-15(17(2)3)18(4)5/h7-11,14H,6,12H2,1-5H3. The maximum absolute atomic E-state index is 5.79. The number of hydrogen-bond donors (Lipinski definition) is 0. The van der Waals surface area contributed by atoms with Gasteiger partial charge in [-0.3, -0.25) is 0 Å². The van der Waals surface area contributed by atoms with E-state index in [9.17, 15) is 0 Å². The first kappa shape index (κ1) is 15.5. The first-order chi connectivity index (χ1) is 9.06. The predicted molar refractivity (Wildman–Crippen MR) is 80.5 cm³/mol. The molecule has 0 aromatic heterocycles. The third-order valence-electron chi connectivity index (χ3n) is 2.74. The van der Waals surface area contributed by atoms with E-state index in [0.29, 0.717) is 13.2 Å². The number of benzene rings is 1. The highest BCUT2D eigenvalue weighted by Crippen LogP contribution is 2.17. The number of ether oxygens (including phenoxy) is 1. The van der Waals surface area contributed by atoms with Gasteiger partial charge in [-0.1, -0.05) is 30.3 Å². The first-order valence-corrected chi connectivity index (χ1v) is 6.61. The fourth-order valence-electron chi connectivity index (χ4n) is 1.97. The Kier molecular flexibility index (Phi) is 6.36. The maximum atomic E-state index is 5.79. The third kappa shape index (κ3) is 4.91. The van der Waals surface area contributed by atoms with Gasteiger partial charge < -0.3 is 14.5 Å². The van der Waals surface area contributed by atoms with E-state index in [2.05, 4.69) is 17.1 Å². The van der Waals surface area contributed by atoms with Gasteiger partial charge in [0.2, 0.25) is 0 Å². The molecule has 4 nitrogen and oxygen atoms in total. The molecular formula is C15H25N3O. The van der Waals surface area contributed by atoms with Crippen molar-refractivity contribution in [3.63, 3.8) is 0 Å². The van der Waals surface area contributed by atoms with Crippen LogP contribution in [0.3, 0.4) is 0 Å². The molecule has 0 amide bonds. The average molecular weight is 263 g/mol. The molecule has 0 fully saturated rings. The van der Waals surface area contributed by atoms with Crippen LogP contribution >= 0.6 is 0 Å². The van der Waals surface area contributed by atoms with Gasteiger partial charge in [0.15, 0.2) is 5.96 Å². The summed E-state index contributed by atoms with van der Waals surface area (Å²) in [4.78, 5) is 8.68. The fraction of sp³-hybridized carbons (Fsp3) is 0.533. The lowest BCUT2D eigenvalue weighted by atomic mass is 10.1. The SMILES string of the molecule is CCOC(CN=C(N(C)C)N(C)C)c1ccccc1. The molecule has 0 aliphatic carbocycles. The summed E-state index contributed by atoms with van der Waals surface area (Å²) in [5.41, 5.74) is 1.17. The second-order valence-electron chi connectivity index (χ2n) is 4.78. The third-order valence-corrected chi connectivity index (χ3v) is 2.74. The molecule has 0 N–H and O–H groups in total. The molecule has 106 valence electrons. The van der Waals surface area contributed by atoms with Crippen LogP contribution in [0.1, 0.15) is 18.6 Å². The van der Waals surface area contributed by atoms with E-state index in [-0.39, 0.29) is 6.10 Å². The van der Waals surface area contributed by atoms with Crippen molar-refractivity contribution in [3.05, 3.63) is 35.9 Å². The molecule has 1 unspecified atom stereocenters. The van der Waals surface area contributed by atoms with Crippen LogP contribution in [0.25, 0.3) is 0 Å². The minimum Gasteiger partial charge on any atom is -0.372 e. The molecule has 0 aliphatic rings. The first-order valence-electron chi connectivity index (χ1n) is 6.61. The summed E-state index contributed by atoms with van der Waals surface area (Å²) in [7, 11) is 7.99. The lowest BCUT2D eigenvalue weighted by Gasteiger charge is -2.24. The zero-order chi connectivity index (χ0) is 14.3. The van der Waals surface area contributed by atoms with Crippen molar-refractivity contribution in [1.29, 1.82) is 0 Å². The highest BCUT2D eigenvalue weighted by Gasteiger charge is 2.12. The van der Waals surface area contributed by atoms with Gasteiger partial charge in [0.1, 0.15) is 6.10 Å². The molecule has 0 aliphatic heterocycles. The Morgan fingerprint density at radius 1 is 1.11 bits per heavy atom. The van der Waals surface area contributed by atoms with E-state index in [0.717, 1.165) is 5.96 Å². The maximum Gasteiger partial charge on any atom is 0.195 e. The van der Waals surface area contributed by atoms with Gasteiger partial charge in [-0.15, -0.1) is 0 Å². The van der Waals surface area contributed by atoms with Crippen molar-refractivity contribution in [1.82, 2.24) is 9.80 Å². The van der Waals surface area contributed by atoms with Crippen molar-refractivity contribution in [2.45, 2.75) is 13.0 Å². The van der Waals surface area contributed by atoms with Gasteiger partial charge in [0.25, 0.3) is 0 Å². The van der Waals surface area contributed by atoms with Crippen LogP contribution in [0, 0.1) is 0 Å². The van der Waals surface area contributed by atoms with E-state index in [1.165, 1.54) is 5.56 Å². The Labute approximate surface area is 116 Å². The smallest absolute Gasteiger partial charge is 0.195 e. The minimum atomic E-state index is 0.0149. The summed E-state index contributed by atoms with van der Waals surface area (Å²) < 4.78 is 5.79. The Hall–Kier alpha value is -1.55.